The van der Waals surface area contributed by atoms with E-state index in [2.05, 4.69) is 5.32 Å². The average molecular weight is 358 g/mol. The molecule has 6 heteroatoms. The Labute approximate surface area is 152 Å². The molecule has 2 aromatic rings. The van der Waals surface area contributed by atoms with Crippen molar-refractivity contribution in [3.05, 3.63) is 59.7 Å². The second-order valence-corrected chi connectivity index (χ2v) is 6.66. The van der Waals surface area contributed by atoms with Crippen LogP contribution in [0.3, 0.4) is 0 Å². The fraction of sp³-hybridized carbons (Fsp3) is 0.263. The largest absolute Gasteiger partial charge is 0.497 e. The summed E-state index contributed by atoms with van der Waals surface area (Å²) in [4.78, 5) is 25.4. The van der Waals surface area contributed by atoms with E-state index in [1.807, 2.05) is 24.3 Å². The SMILES string of the molecule is COc1cccc(CSCC(=O)Nc2ccc(C(=O)N(C)C)cc2)c1. The van der Waals surface area contributed by atoms with Crippen molar-refractivity contribution >= 4 is 29.3 Å². The van der Waals surface area contributed by atoms with Crippen LogP contribution in [-0.2, 0) is 10.5 Å². The minimum absolute atomic E-state index is 0.0632. The van der Waals surface area contributed by atoms with Crippen molar-refractivity contribution in [2.24, 2.45) is 0 Å². The van der Waals surface area contributed by atoms with E-state index in [0.29, 0.717) is 17.0 Å². The van der Waals surface area contributed by atoms with Gasteiger partial charge in [0.2, 0.25) is 5.91 Å². The van der Waals surface area contributed by atoms with Gasteiger partial charge in [-0.25, -0.2) is 0 Å². The molecule has 0 saturated carbocycles. The second-order valence-electron chi connectivity index (χ2n) is 5.67. The lowest BCUT2D eigenvalue weighted by atomic mass is 10.2. The molecular formula is C19H22N2O3S. The normalized spacial score (nSPS) is 10.2. The number of hydrogen-bond acceptors (Lipinski definition) is 4. The van der Waals surface area contributed by atoms with E-state index in [4.69, 9.17) is 4.74 Å². The number of carbonyl (C=O) groups excluding carboxylic acids is 2. The molecule has 0 radical (unpaired) electrons. The summed E-state index contributed by atoms with van der Waals surface area (Å²) in [5.74, 6) is 1.78. The van der Waals surface area contributed by atoms with Crippen LogP contribution in [0, 0.1) is 0 Å². The van der Waals surface area contributed by atoms with Gasteiger partial charge < -0.3 is 15.0 Å². The molecule has 1 N–H and O–H groups in total. The van der Waals surface area contributed by atoms with Gasteiger partial charge in [-0.2, -0.15) is 0 Å². The van der Waals surface area contributed by atoms with Crippen molar-refractivity contribution in [3.8, 4) is 5.75 Å². The number of methoxy groups -OCH3 is 1. The molecule has 2 aromatic carbocycles. The Morgan fingerprint density at radius 1 is 1.12 bits per heavy atom. The molecule has 0 saturated heterocycles. The summed E-state index contributed by atoms with van der Waals surface area (Å²) in [6.45, 7) is 0. The zero-order valence-corrected chi connectivity index (χ0v) is 15.4. The number of benzene rings is 2. The monoisotopic (exact) mass is 358 g/mol. The Hall–Kier alpha value is -2.47. The highest BCUT2D eigenvalue weighted by Gasteiger charge is 2.08. The van der Waals surface area contributed by atoms with E-state index in [-0.39, 0.29) is 11.8 Å². The minimum Gasteiger partial charge on any atom is -0.497 e. The van der Waals surface area contributed by atoms with E-state index in [9.17, 15) is 9.59 Å². The lowest BCUT2D eigenvalue weighted by Gasteiger charge is -2.11. The average Bonchev–Trinajstić information content (AvgIpc) is 2.62. The highest BCUT2D eigenvalue weighted by molar-refractivity contribution is 7.99. The maximum Gasteiger partial charge on any atom is 0.253 e. The Bertz CT molecular complexity index is 730. The zero-order chi connectivity index (χ0) is 18.2. The Balaban J connectivity index is 1.81. The molecular weight excluding hydrogens is 336 g/mol. The second kappa shape index (κ2) is 9.13. The number of nitrogens with zero attached hydrogens (tertiary/aromatic N) is 1. The van der Waals surface area contributed by atoms with Crippen LogP contribution in [-0.4, -0.2) is 43.7 Å². The molecule has 0 heterocycles. The summed E-state index contributed by atoms with van der Waals surface area (Å²) >= 11 is 1.54. The van der Waals surface area contributed by atoms with Gasteiger partial charge in [0.05, 0.1) is 12.9 Å². The molecule has 0 bridgehead atoms. The third kappa shape index (κ3) is 5.83. The zero-order valence-electron chi connectivity index (χ0n) is 14.6. The minimum atomic E-state index is -0.0698. The molecule has 0 unspecified atom stereocenters. The Kier molecular flexibility index (Phi) is 6.89. The topological polar surface area (TPSA) is 58.6 Å². The van der Waals surface area contributed by atoms with Crippen LogP contribution in [0.25, 0.3) is 0 Å². The first kappa shape index (κ1) is 18.9. The highest BCUT2D eigenvalue weighted by atomic mass is 32.2. The van der Waals surface area contributed by atoms with Gasteiger partial charge in [-0.15, -0.1) is 11.8 Å². The smallest absolute Gasteiger partial charge is 0.253 e. The van der Waals surface area contributed by atoms with Gasteiger partial charge in [0, 0.05) is 31.1 Å². The molecule has 0 fully saturated rings. The molecule has 0 aliphatic carbocycles. The number of amides is 2. The van der Waals surface area contributed by atoms with Crippen LogP contribution in [0.5, 0.6) is 5.75 Å². The van der Waals surface area contributed by atoms with Crippen molar-refractivity contribution in [1.29, 1.82) is 0 Å². The van der Waals surface area contributed by atoms with Crippen molar-refractivity contribution < 1.29 is 14.3 Å². The first-order chi connectivity index (χ1) is 12.0. The molecule has 0 aliphatic rings. The van der Waals surface area contributed by atoms with Crippen LogP contribution < -0.4 is 10.1 Å². The molecule has 2 amide bonds. The lowest BCUT2D eigenvalue weighted by Crippen LogP contribution is -2.21. The number of ether oxygens (including phenoxy) is 1. The molecule has 0 aliphatic heterocycles. The first-order valence-corrected chi connectivity index (χ1v) is 8.97. The van der Waals surface area contributed by atoms with Crippen LogP contribution in [0.2, 0.25) is 0 Å². The van der Waals surface area contributed by atoms with Gasteiger partial charge >= 0.3 is 0 Å². The van der Waals surface area contributed by atoms with E-state index >= 15 is 0 Å². The van der Waals surface area contributed by atoms with Gasteiger partial charge in [0.25, 0.3) is 5.91 Å². The lowest BCUT2D eigenvalue weighted by molar-refractivity contribution is -0.113. The third-order valence-corrected chi connectivity index (χ3v) is 4.46. The van der Waals surface area contributed by atoms with Gasteiger partial charge in [-0.1, -0.05) is 12.1 Å². The molecule has 0 spiro atoms. The standard InChI is InChI=1S/C19H22N2O3S/c1-21(2)19(23)15-7-9-16(10-8-15)20-18(22)13-25-12-14-5-4-6-17(11-14)24-3/h4-11H,12-13H2,1-3H3,(H,20,22). The summed E-state index contributed by atoms with van der Waals surface area (Å²) in [5, 5.41) is 2.84. The van der Waals surface area contributed by atoms with Crippen molar-refractivity contribution in [3.63, 3.8) is 0 Å². The number of carbonyl (C=O) groups is 2. The van der Waals surface area contributed by atoms with Crippen molar-refractivity contribution in [1.82, 2.24) is 4.90 Å². The van der Waals surface area contributed by atoms with Gasteiger partial charge in [0.1, 0.15) is 5.75 Å². The maximum absolute atomic E-state index is 12.0. The molecule has 5 nitrogen and oxygen atoms in total. The fourth-order valence-electron chi connectivity index (χ4n) is 2.18. The van der Waals surface area contributed by atoms with Crippen molar-refractivity contribution in [2.75, 3.05) is 32.3 Å². The van der Waals surface area contributed by atoms with Crippen LogP contribution in [0.4, 0.5) is 5.69 Å². The third-order valence-electron chi connectivity index (χ3n) is 3.46. The Morgan fingerprint density at radius 3 is 2.48 bits per heavy atom. The number of nitrogens with one attached hydrogen (secondary N) is 1. The fourth-order valence-corrected chi connectivity index (χ4v) is 2.95. The van der Waals surface area contributed by atoms with Crippen molar-refractivity contribution in [2.45, 2.75) is 5.75 Å². The molecule has 2 rings (SSSR count). The predicted octanol–water partition coefficient (Wildman–Crippen LogP) is 3.27. The first-order valence-electron chi connectivity index (χ1n) is 7.82. The van der Waals surface area contributed by atoms with E-state index in [1.165, 1.54) is 16.7 Å². The summed E-state index contributed by atoms with van der Waals surface area (Å²) < 4.78 is 5.19. The number of hydrogen-bond donors (Lipinski definition) is 1. The number of thioether (sulfide) groups is 1. The predicted molar refractivity (Wildman–Crippen MR) is 102 cm³/mol. The van der Waals surface area contributed by atoms with E-state index in [0.717, 1.165) is 17.1 Å². The quantitative estimate of drug-likeness (QED) is 0.825. The number of anilines is 1. The highest BCUT2D eigenvalue weighted by Crippen LogP contribution is 2.18. The van der Waals surface area contributed by atoms with Gasteiger partial charge in [-0.05, 0) is 42.0 Å². The van der Waals surface area contributed by atoms with E-state index in [1.54, 1.807) is 45.5 Å². The van der Waals surface area contributed by atoms with Gasteiger partial charge in [-0.3, -0.25) is 9.59 Å². The maximum atomic E-state index is 12.0. The van der Waals surface area contributed by atoms with Crippen LogP contribution in [0.15, 0.2) is 48.5 Å². The molecule has 25 heavy (non-hydrogen) atoms. The molecule has 0 aromatic heterocycles. The van der Waals surface area contributed by atoms with Crippen LogP contribution in [0.1, 0.15) is 15.9 Å². The van der Waals surface area contributed by atoms with Gasteiger partial charge in [0.15, 0.2) is 0 Å². The van der Waals surface area contributed by atoms with Crippen LogP contribution >= 0.6 is 11.8 Å². The summed E-state index contributed by atoms with van der Waals surface area (Å²) in [5.41, 5.74) is 2.39. The number of rotatable bonds is 7. The van der Waals surface area contributed by atoms with E-state index < -0.39 is 0 Å². The summed E-state index contributed by atoms with van der Waals surface area (Å²) in [6, 6.07) is 14.7. The molecule has 132 valence electrons. The molecule has 0 atom stereocenters. The summed E-state index contributed by atoms with van der Waals surface area (Å²) in [7, 11) is 5.05. The Morgan fingerprint density at radius 2 is 1.84 bits per heavy atom. The summed E-state index contributed by atoms with van der Waals surface area (Å²) in [6.07, 6.45) is 0.